The normalized spacial score (nSPS) is 21.9. The number of carbonyl (C=O) groups excluding carboxylic acids is 1. The molecule has 2 rings (SSSR count). The van der Waals surface area contributed by atoms with Crippen LogP contribution in [-0.4, -0.2) is 34.9 Å². The summed E-state index contributed by atoms with van der Waals surface area (Å²) in [6.45, 7) is 5.35. The molecule has 1 aromatic heterocycles. The molecule has 1 amide bonds. The van der Waals surface area contributed by atoms with E-state index < -0.39 is 0 Å². The zero-order chi connectivity index (χ0) is 13.8. The van der Waals surface area contributed by atoms with Gasteiger partial charge in [-0.2, -0.15) is 0 Å². The molecule has 19 heavy (non-hydrogen) atoms. The van der Waals surface area contributed by atoms with Gasteiger partial charge in [-0.3, -0.25) is 9.78 Å². The summed E-state index contributed by atoms with van der Waals surface area (Å²) in [4.78, 5) is 18.5. The number of rotatable bonds is 1. The van der Waals surface area contributed by atoms with Crippen LogP contribution in [0.4, 0.5) is 0 Å². The first-order valence-electron chi connectivity index (χ1n) is 6.57. The standard InChI is InChI=1S/C15H19N3O/c1-11-8-12(2)18(10-11)15(19)14-5-7-17-9-13(14)4-3-6-16/h5,7,9,11-12H,6,8,10,16H2,1-2H3. The van der Waals surface area contributed by atoms with Crippen LogP contribution in [-0.2, 0) is 0 Å². The van der Waals surface area contributed by atoms with Crippen LogP contribution in [0.25, 0.3) is 0 Å². The monoisotopic (exact) mass is 257 g/mol. The van der Waals surface area contributed by atoms with Gasteiger partial charge in [0.1, 0.15) is 0 Å². The molecule has 4 heteroatoms. The minimum atomic E-state index is 0.0422. The second-order valence-electron chi connectivity index (χ2n) is 5.07. The Morgan fingerprint density at radius 2 is 2.37 bits per heavy atom. The summed E-state index contributed by atoms with van der Waals surface area (Å²) >= 11 is 0. The molecule has 1 saturated heterocycles. The Balaban J connectivity index is 2.29. The van der Waals surface area contributed by atoms with E-state index in [4.69, 9.17) is 5.73 Å². The maximum Gasteiger partial charge on any atom is 0.255 e. The van der Waals surface area contributed by atoms with Crippen molar-refractivity contribution in [3.63, 3.8) is 0 Å². The van der Waals surface area contributed by atoms with E-state index in [-0.39, 0.29) is 18.5 Å². The fraction of sp³-hybridized carbons (Fsp3) is 0.467. The highest BCUT2D eigenvalue weighted by atomic mass is 16.2. The van der Waals surface area contributed by atoms with E-state index in [0.29, 0.717) is 17.0 Å². The molecular formula is C15H19N3O. The van der Waals surface area contributed by atoms with Crippen molar-refractivity contribution in [3.8, 4) is 11.8 Å². The molecule has 0 radical (unpaired) electrons. The second-order valence-corrected chi connectivity index (χ2v) is 5.07. The summed E-state index contributed by atoms with van der Waals surface area (Å²) in [6, 6.07) is 2.02. The van der Waals surface area contributed by atoms with Crippen molar-refractivity contribution >= 4 is 5.91 Å². The minimum absolute atomic E-state index is 0.0422. The van der Waals surface area contributed by atoms with Crippen LogP contribution in [0.15, 0.2) is 18.5 Å². The average molecular weight is 257 g/mol. The Morgan fingerprint density at radius 3 is 3.00 bits per heavy atom. The van der Waals surface area contributed by atoms with Gasteiger partial charge >= 0.3 is 0 Å². The molecule has 1 aliphatic rings. The first-order valence-corrected chi connectivity index (χ1v) is 6.57. The Kier molecular flexibility index (Phi) is 4.18. The van der Waals surface area contributed by atoms with Gasteiger partial charge in [0.05, 0.1) is 17.7 Å². The van der Waals surface area contributed by atoms with E-state index in [1.54, 1.807) is 18.5 Å². The third-order valence-electron chi connectivity index (χ3n) is 3.42. The van der Waals surface area contributed by atoms with E-state index in [9.17, 15) is 4.79 Å². The highest BCUT2D eigenvalue weighted by molar-refractivity contribution is 5.97. The smallest absolute Gasteiger partial charge is 0.255 e. The molecule has 2 unspecified atom stereocenters. The maximum absolute atomic E-state index is 12.6. The topological polar surface area (TPSA) is 59.2 Å². The second kappa shape index (κ2) is 5.85. The fourth-order valence-electron chi connectivity index (χ4n) is 2.56. The number of likely N-dealkylation sites (tertiary alicyclic amines) is 1. The molecule has 0 aromatic carbocycles. The van der Waals surface area contributed by atoms with Gasteiger partial charge in [0.15, 0.2) is 0 Å². The molecule has 100 valence electrons. The zero-order valence-corrected chi connectivity index (χ0v) is 11.4. The van der Waals surface area contributed by atoms with Gasteiger partial charge in [0.25, 0.3) is 5.91 Å². The predicted octanol–water partition coefficient (Wildman–Crippen LogP) is 1.26. The third-order valence-corrected chi connectivity index (χ3v) is 3.42. The van der Waals surface area contributed by atoms with Crippen LogP contribution in [0.5, 0.6) is 0 Å². The number of pyridine rings is 1. The molecule has 2 heterocycles. The number of carbonyl (C=O) groups is 1. The summed E-state index contributed by atoms with van der Waals surface area (Å²) in [5.74, 6) is 6.29. The van der Waals surface area contributed by atoms with Crippen LogP contribution >= 0.6 is 0 Å². The largest absolute Gasteiger partial charge is 0.336 e. The van der Waals surface area contributed by atoms with Crippen molar-refractivity contribution in [2.45, 2.75) is 26.3 Å². The number of aromatic nitrogens is 1. The molecule has 0 aliphatic carbocycles. The van der Waals surface area contributed by atoms with Crippen LogP contribution in [0.3, 0.4) is 0 Å². The first kappa shape index (κ1) is 13.6. The lowest BCUT2D eigenvalue weighted by atomic mass is 10.1. The molecule has 0 saturated carbocycles. The fourth-order valence-corrected chi connectivity index (χ4v) is 2.56. The highest BCUT2D eigenvalue weighted by Gasteiger charge is 2.31. The van der Waals surface area contributed by atoms with Gasteiger partial charge in [-0.25, -0.2) is 0 Å². The van der Waals surface area contributed by atoms with Crippen molar-refractivity contribution in [3.05, 3.63) is 29.6 Å². The summed E-state index contributed by atoms with van der Waals surface area (Å²) < 4.78 is 0. The number of hydrogen-bond donors (Lipinski definition) is 1. The molecule has 4 nitrogen and oxygen atoms in total. The van der Waals surface area contributed by atoms with Crippen LogP contribution in [0.2, 0.25) is 0 Å². The number of amides is 1. The van der Waals surface area contributed by atoms with E-state index in [2.05, 4.69) is 30.7 Å². The van der Waals surface area contributed by atoms with Crippen molar-refractivity contribution in [2.24, 2.45) is 11.7 Å². The molecule has 1 aromatic rings. The summed E-state index contributed by atoms with van der Waals surface area (Å²) in [6.07, 6.45) is 4.31. The summed E-state index contributed by atoms with van der Waals surface area (Å²) in [5, 5.41) is 0. The quantitative estimate of drug-likeness (QED) is 0.771. The lowest BCUT2D eigenvalue weighted by molar-refractivity contribution is 0.0743. The highest BCUT2D eigenvalue weighted by Crippen LogP contribution is 2.24. The number of nitrogens with two attached hydrogens (primary N) is 1. The van der Waals surface area contributed by atoms with Crippen LogP contribution < -0.4 is 5.73 Å². The molecule has 1 aliphatic heterocycles. The molecule has 0 spiro atoms. The minimum Gasteiger partial charge on any atom is -0.336 e. The number of hydrogen-bond acceptors (Lipinski definition) is 3. The van der Waals surface area contributed by atoms with Gasteiger partial charge in [-0.1, -0.05) is 18.8 Å². The van der Waals surface area contributed by atoms with Crippen molar-refractivity contribution in [2.75, 3.05) is 13.1 Å². The third kappa shape index (κ3) is 2.94. The Labute approximate surface area is 114 Å². The van der Waals surface area contributed by atoms with Crippen molar-refractivity contribution < 1.29 is 4.79 Å². The Morgan fingerprint density at radius 1 is 1.58 bits per heavy atom. The van der Waals surface area contributed by atoms with E-state index in [0.717, 1.165) is 13.0 Å². The maximum atomic E-state index is 12.6. The van der Waals surface area contributed by atoms with E-state index in [1.807, 2.05) is 4.90 Å². The van der Waals surface area contributed by atoms with Gasteiger partial charge in [-0.05, 0) is 25.3 Å². The van der Waals surface area contributed by atoms with Gasteiger partial charge in [0.2, 0.25) is 0 Å². The first-order chi connectivity index (χ1) is 9.13. The number of nitrogens with zero attached hydrogens (tertiary/aromatic N) is 2. The van der Waals surface area contributed by atoms with Crippen LogP contribution in [0.1, 0.15) is 36.2 Å². The molecule has 1 fully saturated rings. The van der Waals surface area contributed by atoms with Crippen LogP contribution in [0, 0.1) is 17.8 Å². The Hall–Kier alpha value is -1.86. The van der Waals surface area contributed by atoms with Crippen molar-refractivity contribution in [1.29, 1.82) is 0 Å². The summed E-state index contributed by atoms with van der Waals surface area (Å²) in [7, 11) is 0. The average Bonchev–Trinajstić information content (AvgIpc) is 2.75. The summed E-state index contributed by atoms with van der Waals surface area (Å²) in [5.41, 5.74) is 6.65. The Bertz CT molecular complexity index is 530. The predicted molar refractivity (Wildman–Crippen MR) is 74.4 cm³/mol. The lowest BCUT2D eigenvalue weighted by Crippen LogP contribution is -2.34. The van der Waals surface area contributed by atoms with E-state index >= 15 is 0 Å². The van der Waals surface area contributed by atoms with Gasteiger partial charge < -0.3 is 10.6 Å². The molecule has 2 N–H and O–H groups in total. The SMILES string of the molecule is CC1CC(C)N(C(=O)c2ccncc2C#CCN)C1. The van der Waals surface area contributed by atoms with Gasteiger partial charge in [-0.15, -0.1) is 0 Å². The molecular weight excluding hydrogens is 238 g/mol. The van der Waals surface area contributed by atoms with Crippen molar-refractivity contribution in [1.82, 2.24) is 9.88 Å². The van der Waals surface area contributed by atoms with Gasteiger partial charge in [0, 0.05) is 25.0 Å². The lowest BCUT2D eigenvalue weighted by Gasteiger charge is -2.22. The molecule has 2 atom stereocenters. The molecule has 0 bridgehead atoms. The zero-order valence-electron chi connectivity index (χ0n) is 11.4. The van der Waals surface area contributed by atoms with E-state index in [1.165, 1.54) is 0 Å².